The molecule has 200 valence electrons. The number of carbonyl (C=O) groups is 1. The number of nitriles is 1. The molecule has 0 saturated carbocycles. The van der Waals surface area contributed by atoms with Crippen LogP contribution in [-0.2, 0) is 4.74 Å². The molecular formula is C29H29N5O5. The van der Waals surface area contributed by atoms with Crippen molar-refractivity contribution in [3.8, 4) is 34.4 Å². The van der Waals surface area contributed by atoms with E-state index in [0.29, 0.717) is 52.6 Å². The molecule has 1 aromatic carbocycles. The van der Waals surface area contributed by atoms with Crippen LogP contribution in [0.25, 0.3) is 33.7 Å². The molecule has 0 bridgehead atoms. The maximum Gasteiger partial charge on any atom is 0.255 e. The van der Waals surface area contributed by atoms with Crippen molar-refractivity contribution < 1.29 is 23.8 Å². The van der Waals surface area contributed by atoms with E-state index < -0.39 is 0 Å². The van der Waals surface area contributed by atoms with E-state index in [4.69, 9.17) is 19.0 Å². The molecule has 2 N–H and O–H groups in total. The SMILES string of the molecule is COc1cc(C(=O)N(C)CCO)cnc1-c1cc2nccc(-c3ccc(NC4CCOCC4)c(C#N)c3)c2o1. The van der Waals surface area contributed by atoms with Gasteiger partial charge in [-0.15, -0.1) is 0 Å². The lowest BCUT2D eigenvalue weighted by atomic mass is 10.0. The third-order valence-corrected chi connectivity index (χ3v) is 6.78. The summed E-state index contributed by atoms with van der Waals surface area (Å²) < 4.78 is 17.2. The molecule has 1 aliphatic heterocycles. The minimum atomic E-state index is -0.280. The Bertz CT molecular complexity index is 1540. The molecule has 1 fully saturated rings. The molecule has 4 heterocycles. The zero-order valence-electron chi connectivity index (χ0n) is 21.8. The number of likely N-dealkylation sites (N-methyl/N-ethyl adjacent to an activating group) is 1. The number of rotatable bonds is 8. The number of ether oxygens (including phenoxy) is 2. The second-order valence-electron chi connectivity index (χ2n) is 9.31. The smallest absolute Gasteiger partial charge is 0.255 e. The highest BCUT2D eigenvalue weighted by Gasteiger charge is 2.21. The van der Waals surface area contributed by atoms with Crippen molar-refractivity contribution >= 4 is 22.7 Å². The standard InChI is InChI=1S/C29H29N5O5/c1-34(9-10-35)29(36)20-14-25(37-2)27(32-17-20)26-15-24-28(39-26)22(5-8-31-24)18-3-4-23(19(13-18)16-30)33-21-6-11-38-12-7-21/h3-5,8,13-15,17,21,33,35H,6-7,9-12H2,1-2H3. The largest absolute Gasteiger partial charge is 0.494 e. The van der Waals surface area contributed by atoms with Gasteiger partial charge in [0.05, 0.1) is 30.5 Å². The van der Waals surface area contributed by atoms with E-state index in [2.05, 4.69) is 21.4 Å². The lowest BCUT2D eigenvalue weighted by Gasteiger charge is -2.24. The first-order valence-corrected chi connectivity index (χ1v) is 12.7. The first kappa shape index (κ1) is 26.2. The van der Waals surface area contributed by atoms with Crippen molar-refractivity contribution in [3.63, 3.8) is 0 Å². The monoisotopic (exact) mass is 527 g/mol. The van der Waals surface area contributed by atoms with Gasteiger partial charge >= 0.3 is 0 Å². The predicted molar refractivity (Wildman–Crippen MR) is 145 cm³/mol. The number of methoxy groups -OCH3 is 1. The Balaban J connectivity index is 1.48. The summed E-state index contributed by atoms with van der Waals surface area (Å²) in [6.07, 6.45) is 4.96. The molecule has 0 radical (unpaired) electrons. The van der Waals surface area contributed by atoms with E-state index in [1.165, 1.54) is 18.2 Å². The van der Waals surface area contributed by atoms with Gasteiger partial charge in [0.1, 0.15) is 23.0 Å². The van der Waals surface area contributed by atoms with Crippen LogP contribution in [0, 0.1) is 11.3 Å². The van der Waals surface area contributed by atoms with Crippen LogP contribution in [0.4, 0.5) is 5.69 Å². The molecule has 0 spiro atoms. The van der Waals surface area contributed by atoms with E-state index >= 15 is 0 Å². The van der Waals surface area contributed by atoms with Gasteiger partial charge in [0.2, 0.25) is 0 Å². The number of aliphatic hydroxyl groups excluding tert-OH is 1. The van der Waals surface area contributed by atoms with Crippen molar-refractivity contribution in [2.24, 2.45) is 0 Å². The Morgan fingerprint density at radius 1 is 1.23 bits per heavy atom. The number of hydrogen-bond donors (Lipinski definition) is 2. The summed E-state index contributed by atoms with van der Waals surface area (Å²) in [4.78, 5) is 23.0. The van der Waals surface area contributed by atoms with Crippen LogP contribution in [0.1, 0.15) is 28.8 Å². The summed E-state index contributed by atoms with van der Waals surface area (Å²) in [5.41, 5.74) is 4.89. The molecule has 10 nitrogen and oxygen atoms in total. The van der Waals surface area contributed by atoms with Gasteiger partial charge in [-0.05, 0) is 42.7 Å². The number of nitrogens with zero attached hydrogens (tertiary/aromatic N) is 4. The molecule has 0 atom stereocenters. The molecule has 1 aliphatic rings. The van der Waals surface area contributed by atoms with Crippen molar-refractivity contribution in [3.05, 3.63) is 59.9 Å². The zero-order chi connectivity index (χ0) is 27.4. The maximum absolute atomic E-state index is 12.6. The summed E-state index contributed by atoms with van der Waals surface area (Å²) in [7, 11) is 3.11. The number of benzene rings is 1. The number of carbonyl (C=O) groups excluding carboxylic acids is 1. The summed E-state index contributed by atoms with van der Waals surface area (Å²) in [5.74, 6) is 0.523. The first-order chi connectivity index (χ1) is 19.0. The molecule has 0 unspecified atom stereocenters. The van der Waals surface area contributed by atoms with Crippen molar-refractivity contribution in [1.82, 2.24) is 14.9 Å². The number of amides is 1. The van der Waals surface area contributed by atoms with Crippen LogP contribution >= 0.6 is 0 Å². The van der Waals surface area contributed by atoms with Gasteiger partial charge in [0, 0.05) is 56.9 Å². The van der Waals surface area contributed by atoms with E-state index in [1.54, 1.807) is 25.4 Å². The average Bonchev–Trinajstić information content (AvgIpc) is 3.42. The highest BCUT2D eigenvalue weighted by molar-refractivity contribution is 5.96. The lowest BCUT2D eigenvalue weighted by Crippen LogP contribution is -2.29. The Hall–Kier alpha value is -4.46. The van der Waals surface area contributed by atoms with Gasteiger partial charge in [-0.1, -0.05) is 6.07 Å². The fourth-order valence-corrected chi connectivity index (χ4v) is 4.65. The topological polar surface area (TPSA) is 134 Å². The van der Waals surface area contributed by atoms with E-state index in [9.17, 15) is 10.1 Å². The number of pyridine rings is 2. The Morgan fingerprint density at radius 3 is 2.79 bits per heavy atom. The number of aliphatic hydroxyl groups is 1. The Kier molecular flexibility index (Phi) is 7.72. The Morgan fingerprint density at radius 2 is 2.05 bits per heavy atom. The summed E-state index contributed by atoms with van der Waals surface area (Å²) in [5, 5.41) is 22.5. The number of hydrogen-bond acceptors (Lipinski definition) is 9. The maximum atomic E-state index is 12.6. The second-order valence-corrected chi connectivity index (χ2v) is 9.31. The molecule has 3 aromatic heterocycles. The van der Waals surface area contributed by atoms with Gasteiger partial charge in [0.15, 0.2) is 11.3 Å². The van der Waals surface area contributed by atoms with Crippen LogP contribution in [0.2, 0.25) is 0 Å². The molecule has 4 aromatic rings. The highest BCUT2D eigenvalue weighted by Crippen LogP contribution is 2.37. The number of fused-ring (bicyclic) bond motifs is 1. The molecule has 5 rings (SSSR count). The van der Waals surface area contributed by atoms with E-state index in [1.807, 2.05) is 24.3 Å². The summed E-state index contributed by atoms with van der Waals surface area (Å²) in [6.45, 7) is 1.51. The normalized spacial score (nSPS) is 13.7. The fourth-order valence-electron chi connectivity index (χ4n) is 4.65. The Labute approximate surface area is 225 Å². The van der Waals surface area contributed by atoms with Crippen molar-refractivity contribution in [2.75, 3.05) is 45.8 Å². The first-order valence-electron chi connectivity index (χ1n) is 12.7. The van der Waals surface area contributed by atoms with Gasteiger partial charge in [-0.3, -0.25) is 9.78 Å². The number of anilines is 1. The predicted octanol–water partition coefficient (Wildman–Crippen LogP) is 4.09. The summed E-state index contributed by atoms with van der Waals surface area (Å²) in [6, 6.07) is 13.5. The minimum absolute atomic E-state index is 0.135. The van der Waals surface area contributed by atoms with E-state index in [0.717, 1.165) is 29.7 Å². The quantitative estimate of drug-likeness (QED) is 0.347. The van der Waals surface area contributed by atoms with Gasteiger partial charge in [-0.2, -0.15) is 5.26 Å². The van der Waals surface area contributed by atoms with Gasteiger partial charge in [-0.25, -0.2) is 4.98 Å². The zero-order valence-corrected chi connectivity index (χ0v) is 21.8. The number of furan rings is 1. The van der Waals surface area contributed by atoms with Crippen molar-refractivity contribution in [1.29, 1.82) is 5.26 Å². The van der Waals surface area contributed by atoms with Crippen molar-refractivity contribution in [2.45, 2.75) is 18.9 Å². The number of nitrogens with one attached hydrogen (secondary N) is 1. The van der Waals surface area contributed by atoms with E-state index in [-0.39, 0.29) is 25.1 Å². The van der Waals surface area contributed by atoms with Gasteiger partial charge in [0.25, 0.3) is 5.91 Å². The molecule has 10 heteroatoms. The van der Waals surface area contributed by atoms with Gasteiger partial charge < -0.3 is 29.2 Å². The molecule has 0 aliphatic carbocycles. The third kappa shape index (κ3) is 5.41. The lowest BCUT2D eigenvalue weighted by molar-refractivity contribution is 0.0766. The van der Waals surface area contributed by atoms with Crippen LogP contribution < -0.4 is 10.1 Å². The third-order valence-electron chi connectivity index (χ3n) is 6.78. The fraction of sp³-hybridized carbons (Fsp3) is 0.310. The molecular weight excluding hydrogens is 498 g/mol. The van der Waals surface area contributed by atoms with Crippen LogP contribution in [0.15, 0.2) is 53.2 Å². The molecule has 1 saturated heterocycles. The highest BCUT2D eigenvalue weighted by atomic mass is 16.5. The van der Waals surface area contributed by atoms with Crippen LogP contribution in [0.5, 0.6) is 5.75 Å². The second kappa shape index (κ2) is 11.5. The molecule has 1 amide bonds. The average molecular weight is 528 g/mol. The number of aromatic nitrogens is 2. The van der Waals surface area contributed by atoms with Crippen LogP contribution in [-0.4, -0.2) is 72.4 Å². The summed E-state index contributed by atoms with van der Waals surface area (Å²) >= 11 is 0. The molecule has 39 heavy (non-hydrogen) atoms. The minimum Gasteiger partial charge on any atom is -0.494 e. The van der Waals surface area contributed by atoms with Crippen LogP contribution in [0.3, 0.4) is 0 Å².